The van der Waals surface area contributed by atoms with Gasteiger partial charge in [0.1, 0.15) is 22.8 Å². The van der Waals surface area contributed by atoms with Gasteiger partial charge in [-0.15, -0.1) is 10.2 Å². The second-order valence-corrected chi connectivity index (χ2v) is 5.51. The van der Waals surface area contributed by atoms with Gasteiger partial charge in [-0.3, -0.25) is 4.79 Å². The van der Waals surface area contributed by atoms with Crippen molar-refractivity contribution in [3.8, 4) is 22.7 Å². The van der Waals surface area contributed by atoms with E-state index in [9.17, 15) is 9.18 Å². The van der Waals surface area contributed by atoms with Gasteiger partial charge in [0.25, 0.3) is 5.89 Å². The highest BCUT2D eigenvalue weighted by atomic mass is 19.1. The maximum Gasteiger partial charge on any atom is 0.309 e. The Bertz CT molecular complexity index is 868. The predicted molar refractivity (Wildman–Crippen MR) is 82.5 cm³/mol. The molecule has 0 aliphatic rings. The highest BCUT2D eigenvalue weighted by Gasteiger charge is 2.24. The predicted octanol–water partition coefficient (Wildman–Crippen LogP) is 2.98. The first kappa shape index (κ1) is 15.9. The van der Waals surface area contributed by atoms with Gasteiger partial charge in [-0.05, 0) is 45.0 Å². The molecule has 0 atom stereocenters. The molecule has 0 saturated heterocycles. The van der Waals surface area contributed by atoms with E-state index in [1.54, 1.807) is 19.1 Å². The van der Waals surface area contributed by atoms with E-state index in [-0.39, 0.29) is 23.6 Å². The van der Waals surface area contributed by atoms with Gasteiger partial charge in [-0.1, -0.05) is 5.16 Å². The number of hydrogen-bond acceptors (Lipinski definition) is 6. The highest BCUT2D eigenvalue weighted by Crippen LogP contribution is 2.33. The molecule has 8 heteroatoms. The summed E-state index contributed by atoms with van der Waals surface area (Å²) in [7, 11) is 0. The normalized spacial score (nSPS) is 11.0. The van der Waals surface area contributed by atoms with Crippen LogP contribution in [0.5, 0.6) is 0 Å². The van der Waals surface area contributed by atoms with Gasteiger partial charge in [0.2, 0.25) is 0 Å². The molecule has 3 rings (SSSR count). The Morgan fingerprint density at radius 2 is 1.92 bits per heavy atom. The second kappa shape index (κ2) is 6.23. The largest absolute Gasteiger partial charge is 0.412 e. The summed E-state index contributed by atoms with van der Waals surface area (Å²) >= 11 is 0. The number of aromatic nitrogens is 3. The zero-order valence-corrected chi connectivity index (χ0v) is 13.3. The number of halogens is 1. The van der Waals surface area contributed by atoms with Crippen molar-refractivity contribution in [2.75, 3.05) is 0 Å². The number of carbonyl (C=O) groups is 1. The van der Waals surface area contributed by atoms with Crippen LogP contribution in [0, 0.1) is 12.7 Å². The van der Waals surface area contributed by atoms with E-state index in [1.165, 1.54) is 12.1 Å². The number of nitrogens with one attached hydrogen (secondary N) is 1. The fourth-order valence-corrected chi connectivity index (χ4v) is 2.17. The number of amides is 1. The van der Waals surface area contributed by atoms with Crippen LogP contribution in [0.15, 0.2) is 33.2 Å². The molecule has 3 aromatic rings. The van der Waals surface area contributed by atoms with E-state index in [2.05, 4.69) is 20.7 Å². The average molecular weight is 330 g/mol. The highest BCUT2D eigenvalue weighted by molar-refractivity contribution is 5.90. The van der Waals surface area contributed by atoms with Crippen LogP contribution in [-0.4, -0.2) is 27.3 Å². The Hall–Kier alpha value is -3.03. The summed E-state index contributed by atoms with van der Waals surface area (Å²) in [5.41, 5.74) is 1.54. The van der Waals surface area contributed by atoms with E-state index >= 15 is 0 Å². The molecule has 0 fully saturated rings. The number of aryl methyl sites for hydroxylation is 1. The molecule has 1 amide bonds. The van der Waals surface area contributed by atoms with Gasteiger partial charge < -0.3 is 14.3 Å². The lowest BCUT2D eigenvalue weighted by Crippen LogP contribution is -2.30. The summed E-state index contributed by atoms with van der Waals surface area (Å²) in [5.74, 6) is -0.396. The van der Waals surface area contributed by atoms with Crippen molar-refractivity contribution in [3.05, 3.63) is 41.7 Å². The molecule has 1 aromatic carbocycles. The molecule has 1 N–H and O–H groups in total. The fraction of sp³-hybridized carbons (Fsp3) is 0.250. The molecule has 2 heterocycles. The molecule has 0 bridgehead atoms. The first-order valence-corrected chi connectivity index (χ1v) is 7.32. The van der Waals surface area contributed by atoms with Gasteiger partial charge in [-0.2, -0.15) is 0 Å². The first-order chi connectivity index (χ1) is 11.5. The van der Waals surface area contributed by atoms with Crippen molar-refractivity contribution in [1.29, 1.82) is 0 Å². The van der Waals surface area contributed by atoms with Crippen LogP contribution in [0.4, 0.5) is 4.39 Å². The van der Waals surface area contributed by atoms with E-state index < -0.39 is 5.91 Å². The van der Waals surface area contributed by atoms with Crippen molar-refractivity contribution in [2.24, 2.45) is 0 Å². The van der Waals surface area contributed by atoms with Gasteiger partial charge in [0.15, 0.2) is 0 Å². The molecule has 124 valence electrons. The molecule has 24 heavy (non-hydrogen) atoms. The maximum absolute atomic E-state index is 13.1. The molecular formula is C16H15FN4O3. The molecule has 0 radical (unpaired) electrons. The second-order valence-electron chi connectivity index (χ2n) is 5.51. The molecule has 0 unspecified atom stereocenters. The Morgan fingerprint density at radius 1 is 1.21 bits per heavy atom. The molecule has 0 aliphatic carbocycles. The quantitative estimate of drug-likeness (QED) is 0.790. The summed E-state index contributed by atoms with van der Waals surface area (Å²) in [4.78, 5) is 11.9. The molecule has 0 saturated carbocycles. The van der Waals surface area contributed by atoms with Crippen LogP contribution in [-0.2, 0) is 0 Å². The molecule has 7 nitrogen and oxygen atoms in total. The van der Waals surface area contributed by atoms with E-state index in [4.69, 9.17) is 8.94 Å². The first-order valence-electron chi connectivity index (χ1n) is 7.32. The number of nitrogens with zero attached hydrogens (tertiary/aromatic N) is 3. The number of benzene rings is 1. The van der Waals surface area contributed by atoms with Gasteiger partial charge >= 0.3 is 11.8 Å². The summed E-state index contributed by atoms with van der Waals surface area (Å²) in [6, 6.07) is 5.72. The third-order valence-electron chi connectivity index (χ3n) is 3.23. The van der Waals surface area contributed by atoms with E-state index in [1.807, 2.05) is 13.8 Å². The van der Waals surface area contributed by atoms with Gasteiger partial charge in [-0.25, -0.2) is 4.39 Å². The van der Waals surface area contributed by atoms with Crippen LogP contribution in [0.2, 0.25) is 0 Å². The standard InChI is InChI=1S/C16H15FN4O3/c1-8(2)18-14(22)16-20-19-15(23-16)12-9(3)24-21-13(12)10-4-6-11(17)7-5-10/h4-8H,1-3H3,(H,18,22). The van der Waals surface area contributed by atoms with Crippen molar-refractivity contribution < 1.29 is 18.1 Å². The molecule has 0 aliphatic heterocycles. The minimum Gasteiger partial charge on any atom is -0.412 e. The lowest BCUT2D eigenvalue weighted by Gasteiger charge is -2.03. The monoisotopic (exact) mass is 330 g/mol. The van der Waals surface area contributed by atoms with E-state index in [0.29, 0.717) is 22.6 Å². The Morgan fingerprint density at radius 3 is 2.58 bits per heavy atom. The number of rotatable bonds is 4. The van der Waals surface area contributed by atoms with Crippen LogP contribution < -0.4 is 5.32 Å². The van der Waals surface area contributed by atoms with Crippen LogP contribution >= 0.6 is 0 Å². The lowest BCUT2D eigenvalue weighted by molar-refractivity contribution is 0.0908. The Labute approximate surface area is 136 Å². The summed E-state index contributed by atoms with van der Waals surface area (Å²) in [6.45, 7) is 5.34. The van der Waals surface area contributed by atoms with Crippen LogP contribution in [0.25, 0.3) is 22.7 Å². The Kier molecular flexibility index (Phi) is 4.11. The topological polar surface area (TPSA) is 94.0 Å². The van der Waals surface area contributed by atoms with Crippen LogP contribution in [0.3, 0.4) is 0 Å². The zero-order chi connectivity index (χ0) is 17.3. The minimum absolute atomic E-state index is 0.0556. The fourth-order valence-electron chi connectivity index (χ4n) is 2.17. The lowest BCUT2D eigenvalue weighted by atomic mass is 10.1. The molecular weight excluding hydrogens is 315 g/mol. The van der Waals surface area contributed by atoms with Crippen LogP contribution in [0.1, 0.15) is 30.3 Å². The Balaban J connectivity index is 1.99. The summed E-state index contributed by atoms with van der Waals surface area (Å²) < 4.78 is 23.7. The molecule has 2 aromatic heterocycles. The molecule has 0 spiro atoms. The minimum atomic E-state index is -0.457. The number of hydrogen-bond donors (Lipinski definition) is 1. The van der Waals surface area contributed by atoms with Crippen molar-refractivity contribution in [1.82, 2.24) is 20.7 Å². The van der Waals surface area contributed by atoms with Crippen molar-refractivity contribution in [2.45, 2.75) is 26.8 Å². The summed E-state index contributed by atoms with van der Waals surface area (Å²) in [6.07, 6.45) is 0. The van der Waals surface area contributed by atoms with Crippen molar-refractivity contribution >= 4 is 5.91 Å². The SMILES string of the molecule is Cc1onc(-c2ccc(F)cc2)c1-c1nnc(C(=O)NC(C)C)o1. The average Bonchev–Trinajstić information content (AvgIpc) is 3.14. The van der Waals surface area contributed by atoms with Gasteiger partial charge in [0, 0.05) is 11.6 Å². The van der Waals surface area contributed by atoms with E-state index in [0.717, 1.165) is 0 Å². The smallest absolute Gasteiger partial charge is 0.309 e. The van der Waals surface area contributed by atoms with Gasteiger partial charge in [0.05, 0.1) is 0 Å². The third kappa shape index (κ3) is 3.03. The third-order valence-corrected chi connectivity index (χ3v) is 3.23. The summed E-state index contributed by atoms with van der Waals surface area (Å²) in [5, 5.41) is 14.3. The maximum atomic E-state index is 13.1. The number of carbonyl (C=O) groups excluding carboxylic acids is 1. The zero-order valence-electron chi connectivity index (χ0n) is 13.3. The van der Waals surface area contributed by atoms with Crippen molar-refractivity contribution in [3.63, 3.8) is 0 Å².